The quantitative estimate of drug-likeness (QED) is 0.0587. The van der Waals surface area contributed by atoms with Crippen molar-refractivity contribution in [2.45, 2.75) is 19.3 Å². The largest absolute Gasteiger partial charge is 0.494 e. The predicted octanol–water partition coefficient (Wildman–Crippen LogP) is 6.45. The molecule has 43 heavy (non-hydrogen) atoms. The lowest BCUT2D eigenvalue weighted by molar-refractivity contribution is -0.144. The molecule has 0 amide bonds. The van der Waals surface area contributed by atoms with Gasteiger partial charge in [0.15, 0.2) is 0 Å². The third-order valence-corrected chi connectivity index (χ3v) is 6.12. The van der Waals surface area contributed by atoms with Gasteiger partial charge in [0.2, 0.25) is 0 Å². The third kappa shape index (κ3) is 11.7. The van der Waals surface area contributed by atoms with Gasteiger partial charge in [-0.2, -0.15) is 0 Å². The van der Waals surface area contributed by atoms with Crippen molar-refractivity contribution in [1.29, 1.82) is 0 Å². The van der Waals surface area contributed by atoms with Crippen molar-refractivity contribution in [3.63, 3.8) is 0 Å². The summed E-state index contributed by atoms with van der Waals surface area (Å²) in [6.45, 7) is 8.02. The van der Waals surface area contributed by atoms with Crippen molar-refractivity contribution in [3.05, 3.63) is 109 Å². The zero-order valence-electron chi connectivity index (χ0n) is 24.3. The van der Waals surface area contributed by atoms with Gasteiger partial charge in [0.25, 0.3) is 0 Å². The number of carbonyl (C=O) groups excluding carboxylic acids is 3. The van der Waals surface area contributed by atoms with Crippen LogP contribution in [-0.2, 0) is 28.6 Å². The van der Waals surface area contributed by atoms with Crippen LogP contribution in [0.25, 0.3) is 23.3 Å². The van der Waals surface area contributed by atoms with E-state index < -0.39 is 17.9 Å². The van der Waals surface area contributed by atoms with Gasteiger partial charge in [-0.25, -0.2) is 9.59 Å². The van der Waals surface area contributed by atoms with Gasteiger partial charge in [0.1, 0.15) is 24.7 Å². The second-order valence-corrected chi connectivity index (χ2v) is 9.32. The van der Waals surface area contributed by atoms with Gasteiger partial charge in [-0.1, -0.05) is 73.8 Å². The summed E-state index contributed by atoms with van der Waals surface area (Å²) in [5.74, 6) is -0.162. The second-order valence-electron chi connectivity index (χ2n) is 9.32. The molecule has 0 heterocycles. The highest BCUT2D eigenvalue weighted by Crippen LogP contribution is 2.24. The number of hydrogen-bond donors (Lipinski definition) is 0. The molecule has 0 saturated heterocycles. The normalized spacial score (nSPS) is 10.5. The molecule has 0 fully saturated rings. The smallest absolute Gasteiger partial charge is 0.334 e. The molecule has 0 aromatic heterocycles. The first-order valence-electron chi connectivity index (χ1n) is 13.8. The summed E-state index contributed by atoms with van der Waals surface area (Å²) < 4.78 is 25.9. The van der Waals surface area contributed by atoms with E-state index >= 15 is 0 Å². The minimum absolute atomic E-state index is 0.0343. The minimum atomic E-state index is -0.652. The summed E-state index contributed by atoms with van der Waals surface area (Å²) in [6, 6.07) is 23.8. The van der Waals surface area contributed by atoms with Crippen LogP contribution in [0.1, 0.15) is 30.4 Å². The highest BCUT2D eigenvalue weighted by molar-refractivity contribution is 5.93. The summed E-state index contributed by atoms with van der Waals surface area (Å²) in [5.41, 5.74) is 4.31. The Balaban J connectivity index is 1.39. The maximum Gasteiger partial charge on any atom is 0.334 e. The van der Waals surface area contributed by atoms with Crippen LogP contribution in [0.3, 0.4) is 0 Å². The molecule has 0 N–H and O–H groups in total. The van der Waals surface area contributed by atoms with Gasteiger partial charge < -0.3 is 23.7 Å². The molecule has 0 spiro atoms. The highest BCUT2D eigenvalue weighted by Gasteiger charge is 2.13. The average molecular weight is 585 g/mol. The molecular weight excluding hydrogens is 548 g/mol. The van der Waals surface area contributed by atoms with E-state index in [1.165, 1.54) is 7.11 Å². The molecule has 0 saturated carbocycles. The fourth-order valence-corrected chi connectivity index (χ4v) is 3.74. The Hall–Kier alpha value is -5.11. The van der Waals surface area contributed by atoms with E-state index in [2.05, 4.69) is 42.2 Å². The Morgan fingerprint density at radius 1 is 0.674 bits per heavy atom. The molecule has 8 nitrogen and oxygen atoms in total. The molecular formula is C35H36O8. The van der Waals surface area contributed by atoms with Crippen molar-refractivity contribution < 1.29 is 38.1 Å². The van der Waals surface area contributed by atoms with Crippen LogP contribution in [0.2, 0.25) is 0 Å². The highest BCUT2D eigenvalue weighted by atomic mass is 16.6. The Kier molecular flexibility index (Phi) is 13.3. The van der Waals surface area contributed by atoms with Gasteiger partial charge in [0.05, 0.1) is 26.7 Å². The molecule has 0 radical (unpaired) electrons. The van der Waals surface area contributed by atoms with Crippen LogP contribution < -0.4 is 9.47 Å². The van der Waals surface area contributed by atoms with Crippen molar-refractivity contribution in [2.75, 3.05) is 33.5 Å². The molecule has 3 aromatic rings. The van der Waals surface area contributed by atoms with Gasteiger partial charge >= 0.3 is 17.9 Å². The number of rotatable bonds is 17. The lowest BCUT2D eigenvalue weighted by Gasteiger charge is -2.08. The number of carbonyl (C=O) groups is 3. The van der Waals surface area contributed by atoms with Crippen LogP contribution in [0, 0.1) is 0 Å². The van der Waals surface area contributed by atoms with Crippen molar-refractivity contribution in [3.8, 4) is 22.6 Å². The van der Waals surface area contributed by atoms with Crippen LogP contribution >= 0.6 is 0 Å². The van der Waals surface area contributed by atoms with E-state index in [-0.39, 0.29) is 25.2 Å². The zero-order chi connectivity index (χ0) is 30.9. The van der Waals surface area contributed by atoms with Gasteiger partial charge in [0, 0.05) is 11.6 Å². The van der Waals surface area contributed by atoms with Crippen LogP contribution in [0.4, 0.5) is 0 Å². The molecule has 224 valence electrons. The van der Waals surface area contributed by atoms with Crippen molar-refractivity contribution >= 4 is 30.1 Å². The third-order valence-electron chi connectivity index (χ3n) is 6.12. The fraction of sp³-hybridized carbons (Fsp3) is 0.229. The molecule has 3 aromatic carbocycles. The molecule has 3 rings (SSSR count). The van der Waals surface area contributed by atoms with Crippen molar-refractivity contribution in [1.82, 2.24) is 0 Å². The minimum Gasteiger partial charge on any atom is -0.494 e. The van der Waals surface area contributed by atoms with Crippen LogP contribution in [0.15, 0.2) is 97.6 Å². The lowest BCUT2D eigenvalue weighted by atomic mass is 10.0. The predicted molar refractivity (Wildman–Crippen MR) is 165 cm³/mol. The number of unbranched alkanes of at least 4 members (excludes halogenated alkanes) is 1. The van der Waals surface area contributed by atoms with Crippen LogP contribution in [-0.4, -0.2) is 51.4 Å². The molecule has 0 atom stereocenters. The van der Waals surface area contributed by atoms with E-state index in [9.17, 15) is 14.4 Å². The second kappa shape index (κ2) is 17.6. The Bertz CT molecular complexity index is 1390. The first-order valence-corrected chi connectivity index (χ1v) is 13.8. The van der Waals surface area contributed by atoms with Gasteiger partial charge in [-0.3, -0.25) is 4.79 Å². The van der Waals surface area contributed by atoms with E-state index in [1.807, 2.05) is 60.7 Å². The molecule has 0 bridgehead atoms. The SMILES string of the molecule is C=CC(=O)OCCCCOc1ccc(-c2ccc(/C=C/c3ccc(OCCOC(=O)C(=C)CC(=O)OC)cc3)cc2)cc1. The number of methoxy groups -OCH3 is 1. The molecule has 0 aliphatic carbocycles. The molecule has 0 aliphatic rings. The van der Waals surface area contributed by atoms with Crippen molar-refractivity contribution in [2.24, 2.45) is 0 Å². The first kappa shape index (κ1) is 32.4. The van der Waals surface area contributed by atoms with E-state index in [0.717, 1.165) is 46.9 Å². The van der Waals surface area contributed by atoms with E-state index in [0.29, 0.717) is 19.0 Å². The Morgan fingerprint density at radius 2 is 1.19 bits per heavy atom. The monoisotopic (exact) mass is 584 g/mol. The van der Waals surface area contributed by atoms with E-state index in [4.69, 9.17) is 18.9 Å². The zero-order valence-corrected chi connectivity index (χ0v) is 24.3. The summed E-state index contributed by atoms with van der Waals surface area (Å²) in [7, 11) is 1.24. The Morgan fingerprint density at radius 3 is 1.77 bits per heavy atom. The van der Waals surface area contributed by atoms with Gasteiger partial charge in [-0.15, -0.1) is 0 Å². The number of hydrogen-bond acceptors (Lipinski definition) is 8. The summed E-state index contributed by atoms with van der Waals surface area (Å²) >= 11 is 0. The molecule has 8 heteroatoms. The number of ether oxygens (including phenoxy) is 5. The first-order chi connectivity index (χ1) is 20.9. The van der Waals surface area contributed by atoms with Crippen LogP contribution in [0.5, 0.6) is 11.5 Å². The lowest BCUT2D eigenvalue weighted by Crippen LogP contribution is -2.15. The maximum absolute atomic E-state index is 11.8. The maximum atomic E-state index is 11.8. The summed E-state index contributed by atoms with van der Waals surface area (Å²) in [5, 5.41) is 0. The topological polar surface area (TPSA) is 97.4 Å². The number of esters is 3. The number of benzene rings is 3. The van der Waals surface area contributed by atoms with E-state index in [1.54, 1.807) is 0 Å². The summed E-state index contributed by atoms with van der Waals surface area (Å²) in [4.78, 5) is 34.0. The summed E-state index contributed by atoms with van der Waals surface area (Å²) in [6.07, 6.45) is 6.53. The van der Waals surface area contributed by atoms with Gasteiger partial charge in [-0.05, 0) is 59.4 Å². The molecule has 0 unspecified atom stereocenters. The average Bonchev–Trinajstić information content (AvgIpc) is 3.04. The fourth-order valence-electron chi connectivity index (χ4n) is 3.74. The molecule has 0 aliphatic heterocycles. The standard InChI is InChI=1S/C35H36O8/c1-4-33(36)42-22-6-5-21-40-32-19-15-30(16-20-32)29-13-9-27(10-14-29)7-8-28-11-17-31(18-12-28)41-23-24-43-35(38)26(2)25-34(37)39-3/h4,7-20H,1-2,5-6,21-25H2,3H3/b8-7+. The Labute approximate surface area is 252 Å².